The minimum atomic E-state index is 0.634. The Morgan fingerprint density at radius 1 is 1.46 bits per heavy atom. The van der Waals surface area contributed by atoms with Crippen LogP contribution in [0.15, 0.2) is 0 Å². The molecule has 3 unspecified atom stereocenters. The van der Waals surface area contributed by atoms with Gasteiger partial charge in [0.25, 0.3) is 0 Å². The Morgan fingerprint density at radius 3 is 2.46 bits per heavy atom. The Morgan fingerprint density at radius 2 is 2.08 bits per heavy atom. The minimum Gasteiger partial charge on any atom is -0.385 e. The molecule has 1 fully saturated rings. The summed E-state index contributed by atoms with van der Waals surface area (Å²) in [5, 5.41) is 3.69. The van der Waals surface area contributed by atoms with Crippen molar-refractivity contribution in [2.24, 2.45) is 11.8 Å². The van der Waals surface area contributed by atoms with Crippen LogP contribution in [0.2, 0.25) is 0 Å². The molecule has 3 atom stereocenters. The molecular formula is C11H23NO. The zero-order valence-corrected chi connectivity index (χ0v) is 9.34. The molecular weight excluding hydrogens is 162 g/mol. The highest BCUT2D eigenvalue weighted by Gasteiger charge is 2.34. The van der Waals surface area contributed by atoms with Crippen LogP contribution in [0.1, 0.15) is 33.6 Å². The molecule has 0 aromatic carbocycles. The molecule has 0 aromatic rings. The van der Waals surface area contributed by atoms with E-state index in [1.165, 1.54) is 6.42 Å². The first-order chi connectivity index (χ1) is 6.15. The maximum atomic E-state index is 5.11. The predicted octanol–water partition coefficient (Wildman–Crippen LogP) is 2.05. The van der Waals surface area contributed by atoms with Crippen LogP contribution in [-0.2, 0) is 4.74 Å². The van der Waals surface area contributed by atoms with Crippen LogP contribution in [0.3, 0.4) is 0 Å². The van der Waals surface area contributed by atoms with Crippen molar-refractivity contribution >= 4 is 0 Å². The maximum absolute atomic E-state index is 5.11. The molecule has 13 heavy (non-hydrogen) atoms. The van der Waals surface area contributed by atoms with E-state index in [2.05, 4.69) is 26.1 Å². The van der Waals surface area contributed by atoms with E-state index < -0.39 is 0 Å². The highest BCUT2D eigenvalue weighted by Crippen LogP contribution is 2.30. The van der Waals surface area contributed by atoms with Crippen molar-refractivity contribution in [2.75, 3.05) is 13.7 Å². The van der Waals surface area contributed by atoms with Crippen molar-refractivity contribution in [2.45, 2.75) is 45.7 Å². The number of hydrogen-bond donors (Lipinski definition) is 1. The van der Waals surface area contributed by atoms with Crippen LogP contribution in [0.25, 0.3) is 0 Å². The molecule has 0 bridgehead atoms. The van der Waals surface area contributed by atoms with Crippen LogP contribution in [-0.4, -0.2) is 25.8 Å². The zero-order valence-electron chi connectivity index (χ0n) is 9.34. The van der Waals surface area contributed by atoms with Gasteiger partial charge in [-0.2, -0.15) is 0 Å². The summed E-state index contributed by atoms with van der Waals surface area (Å²) in [6.07, 6.45) is 2.49. The predicted molar refractivity (Wildman–Crippen MR) is 55.8 cm³/mol. The van der Waals surface area contributed by atoms with Gasteiger partial charge in [-0.05, 0) is 24.7 Å². The molecule has 1 saturated carbocycles. The molecule has 1 aliphatic carbocycles. The molecule has 0 aliphatic heterocycles. The molecule has 0 aromatic heterocycles. The fraction of sp³-hybridized carbons (Fsp3) is 1.00. The Labute approximate surface area is 82.0 Å². The summed E-state index contributed by atoms with van der Waals surface area (Å²) in [5.74, 6) is 1.60. The lowest BCUT2D eigenvalue weighted by atomic mass is 10.0. The van der Waals surface area contributed by atoms with Gasteiger partial charge < -0.3 is 10.1 Å². The van der Waals surface area contributed by atoms with Gasteiger partial charge in [0.1, 0.15) is 0 Å². The van der Waals surface area contributed by atoms with E-state index in [-0.39, 0.29) is 0 Å². The van der Waals surface area contributed by atoms with Gasteiger partial charge in [0, 0.05) is 25.8 Å². The van der Waals surface area contributed by atoms with E-state index in [0.29, 0.717) is 12.0 Å². The average molecular weight is 185 g/mol. The molecule has 0 heterocycles. The third-order valence-electron chi connectivity index (χ3n) is 2.98. The van der Waals surface area contributed by atoms with E-state index in [9.17, 15) is 0 Å². The van der Waals surface area contributed by atoms with Crippen molar-refractivity contribution in [1.82, 2.24) is 5.32 Å². The zero-order chi connectivity index (χ0) is 9.84. The van der Waals surface area contributed by atoms with Gasteiger partial charge in [0.15, 0.2) is 0 Å². The smallest absolute Gasteiger partial charge is 0.0477 e. The first kappa shape index (κ1) is 11.0. The molecule has 2 nitrogen and oxygen atoms in total. The first-order valence-electron chi connectivity index (χ1n) is 5.40. The second-order valence-corrected chi connectivity index (χ2v) is 4.62. The summed E-state index contributed by atoms with van der Waals surface area (Å²) in [6.45, 7) is 7.74. The quantitative estimate of drug-likeness (QED) is 0.684. The average Bonchev–Trinajstić information content (AvgIpc) is 2.75. The summed E-state index contributed by atoms with van der Waals surface area (Å²) < 4.78 is 5.11. The maximum Gasteiger partial charge on any atom is 0.0477 e. The highest BCUT2D eigenvalue weighted by molar-refractivity contribution is 4.92. The third-order valence-corrected chi connectivity index (χ3v) is 2.98. The summed E-state index contributed by atoms with van der Waals surface area (Å²) in [4.78, 5) is 0. The van der Waals surface area contributed by atoms with Gasteiger partial charge in [0.05, 0.1) is 0 Å². The van der Waals surface area contributed by atoms with Gasteiger partial charge in [-0.3, -0.25) is 0 Å². The minimum absolute atomic E-state index is 0.634. The lowest BCUT2D eigenvalue weighted by Crippen LogP contribution is -2.37. The summed E-state index contributed by atoms with van der Waals surface area (Å²) in [5.41, 5.74) is 0. The molecule has 0 amide bonds. The fourth-order valence-electron chi connectivity index (χ4n) is 1.68. The fourth-order valence-corrected chi connectivity index (χ4v) is 1.68. The molecule has 78 valence electrons. The van der Waals surface area contributed by atoms with Crippen molar-refractivity contribution < 1.29 is 4.74 Å². The van der Waals surface area contributed by atoms with Crippen LogP contribution >= 0.6 is 0 Å². The van der Waals surface area contributed by atoms with Crippen LogP contribution in [0.4, 0.5) is 0 Å². The Hall–Kier alpha value is -0.0800. The second-order valence-electron chi connectivity index (χ2n) is 4.62. The Kier molecular flexibility index (Phi) is 4.20. The van der Waals surface area contributed by atoms with E-state index in [4.69, 9.17) is 4.74 Å². The third kappa shape index (κ3) is 3.65. The molecule has 1 rings (SSSR count). The van der Waals surface area contributed by atoms with E-state index in [0.717, 1.165) is 25.0 Å². The summed E-state index contributed by atoms with van der Waals surface area (Å²) in [6, 6.07) is 1.42. The second kappa shape index (κ2) is 4.97. The number of rotatable bonds is 6. The van der Waals surface area contributed by atoms with Crippen LogP contribution in [0, 0.1) is 11.8 Å². The van der Waals surface area contributed by atoms with Gasteiger partial charge in [-0.1, -0.05) is 20.8 Å². The molecule has 0 radical (unpaired) electrons. The first-order valence-corrected chi connectivity index (χ1v) is 5.40. The number of hydrogen-bond acceptors (Lipinski definition) is 2. The Bertz CT molecular complexity index is 147. The Balaban J connectivity index is 2.21. The molecule has 2 heteroatoms. The van der Waals surface area contributed by atoms with Crippen molar-refractivity contribution in [3.05, 3.63) is 0 Å². The number of ether oxygens (including phenoxy) is 1. The van der Waals surface area contributed by atoms with Crippen LogP contribution < -0.4 is 5.32 Å². The molecule has 0 spiro atoms. The SMILES string of the molecule is COCCC(NC1CC1C)C(C)C. The number of methoxy groups -OCH3 is 1. The lowest BCUT2D eigenvalue weighted by Gasteiger charge is -2.22. The van der Waals surface area contributed by atoms with Crippen molar-refractivity contribution in [1.29, 1.82) is 0 Å². The van der Waals surface area contributed by atoms with E-state index in [1.54, 1.807) is 7.11 Å². The molecule has 0 saturated heterocycles. The highest BCUT2D eigenvalue weighted by atomic mass is 16.5. The van der Waals surface area contributed by atoms with Crippen molar-refractivity contribution in [3.8, 4) is 0 Å². The monoisotopic (exact) mass is 185 g/mol. The van der Waals surface area contributed by atoms with Gasteiger partial charge in [-0.25, -0.2) is 0 Å². The summed E-state index contributed by atoms with van der Waals surface area (Å²) in [7, 11) is 1.77. The standard InChI is InChI=1S/C11H23NO/c1-8(2)10(5-6-13-4)12-11-7-9(11)3/h8-12H,5-7H2,1-4H3. The van der Waals surface area contributed by atoms with Gasteiger partial charge in [-0.15, -0.1) is 0 Å². The summed E-state index contributed by atoms with van der Waals surface area (Å²) >= 11 is 0. The van der Waals surface area contributed by atoms with E-state index >= 15 is 0 Å². The molecule has 1 aliphatic rings. The lowest BCUT2D eigenvalue weighted by molar-refractivity contribution is 0.173. The molecule has 1 N–H and O–H groups in total. The topological polar surface area (TPSA) is 21.3 Å². The van der Waals surface area contributed by atoms with Crippen molar-refractivity contribution in [3.63, 3.8) is 0 Å². The van der Waals surface area contributed by atoms with Gasteiger partial charge >= 0.3 is 0 Å². The van der Waals surface area contributed by atoms with E-state index in [1.807, 2.05) is 0 Å². The largest absolute Gasteiger partial charge is 0.385 e. The number of nitrogens with one attached hydrogen (secondary N) is 1. The van der Waals surface area contributed by atoms with Gasteiger partial charge in [0.2, 0.25) is 0 Å². The normalized spacial score (nSPS) is 29.3. The van der Waals surface area contributed by atoms with Crippen LogP contribution in [0.5, 0.6) is 0 Å².